The molecule has 2 aliphatic heterocycles. The summed E-state index contributed by atoms with van der Waals surface area (Å²) in [5.74, 6) is -0.0629. The van der Waals surface area contributed by atoms with E-state index in [1.54, 1.807) is 0 Å². The summed E-state index contributed by atoms with van der Waals surface area (Å²) in [6, 6.07) is 9.87. The van der Waals surface area contributed by atoms with Crippen LogP contribution in [0.1, 0.15) is 25.3 Å². The van der Waals surface area contributed by atoms with Gasteiger partial charge < -0.3 is 10.2 Å². The van der Waals surface area contributed by atoms with Gasteiger partial charge in [0, 0.05) is 19.6 Å². The molecule has 2 fully saturated rings. The molecule has 0 radical (unpaired) electrons. The van der Waals surface area contributed by atoms with Crippen LogP contribution in [0.5, 0.6) is 0 Å². The normalized spacial score (nSPS) is 20.9. The number of imide groups is 1. The number of amides is 3. The van der Waals surface area contributed by atoms with Gasteiger partial charge in [0.25, 0.3) is 5.91 Å². The molecule has 1 aromatic carbocycles. The molecule has 24 heavy (non-hydrogen) atoms. The number of carbonyl (C=O) groups is 2. The minimum absolute atomic E-state index is 0.0629. The molecular formula is C18H26N4O2. The van der Waals surface area contributed by atoms with E-state index in [2.05, 4.69) is 27.2 Å². The minimum atomic E-state index is -0.685. The first kappa shape index (κ1) is 16.9. The van der Waals surface area contributed by atoms with Crippen molar-refractivity contribution in [1.29, 1.82) is 0 Å². The molecule has 2 aliphatic rings. The van der Waals surface area contributed by atoms with E-state index in [0.717, 1.165) is 26.2 Å². The highest BCUT2D eigenvalue weighted by Crippen LogP contribution is 2.29. The summed E-state index contributed by atoms with van der Waals surface area (Å²) >= 11 is 0. The molecule has 0 aromatic heterocycles. The number of nitrogens with one attached hydrogen (secondary N) is 1. The van der Waals surface area contributed by atoms with Crippen LogP contribution >= 0.6 is 0 Å². The predicted octanol–water partition coefficient (Wildman–Crippen LogP) is 1.48. The van der Waals surface area contributed by atoms with Crippen LogP contribution in [-0.2, 0) is 11.3 Å². The number of benzene rings is 1. The molecule has 0 atom stereocenters. The van der Waals surface area contributed by atoms with Crippen molar-refractivity contribution in [3.05, 3.63) is 35.9 Å². The van der Waals surface area contributed by atoms with Crippen LogP contribution in [0.4, 0.5) is 4.79 Å². The Balaban J connectivity index is 1.67. The first-order valence-corrected chi connectivity index (χ1v) is 8.63. The summed E-state index contributed by atoms with van der Waals surface area (Å²) in [6.07, 6.45) is 1.38. The first-order valence-electron chi connectivity index (χ1n) is 8.63. The van der Waals surface area contributed by atoms with E-state index < -0.39 is 5.54 Å². The Morgan fingerprint density at radius 1 is 1.17 bits per heavy atom. The van der Waals surface area contributed by atoms with Gasteiger partial charge >= 0.3 is 6.03 Å². The molecule has 130 valence electrons. The maximum absolute atomic E-state index is 12.9. The summed E-state index contributed by atoms with van der Waals surface area (Å²) in [5.41, 5.74) is 0.496. The van der Waals surface area contributed by atoms with E-state index in [1.165, 1.54) is 10.5 Å². The number of piperidine rings is 1. The molecule has 2 heterocycles. The van der Waals surface area contributed by atoms with Crippen LogP contribution in [0.25, 0.3) is 0 Å². The average molecular weight is 330 g/mol. The molecule has 0 saturated carbocycles. The van der Waals surface area contributed by atoms with Crippen LogP contribution in [0, 0.1) is 0 Å². The zero-order valence-electron chi connectivity index (χ0n) is 14.5. The van der Waals surface area contributed by atoms with Crippen molar-refractivity contribution in [1.82, 2.24) is 20.0 Å². The molecule has 0 unspecified atom stereocenters. The fourth-order valence-corrected chi connectivity index (χ4v) is 3.45. The Bertz CT molecular complexity index is 596. The topological polar surface area (TPSA) is 55.9 Å². The maximum atomic E-state index is 12.9. The second-order valence-corrected chi connectivity index (χ2v) is 6.82. The lowest BCUT2D eigenvalue weighted by molar-refractivity contribution is -0.134. The lowest BCUT2D eigenvalue weighted by Gasteiger charge is -2.35. The highest BCUT2D eigenvalue weighted by Gasteiger charge is 2.52. The summed E-state index contributed by atoms with van der Waals surface area (Å²) < 4.78 is 0. The SMILES string of the molecule is CCN(Cc1ccccc1)CN1C(=O)NC2(CCN(C)CC2)C1=O. The summed E-state index contributed by atoms with van der Waals surface area (Å²) in [7, 11) is 2.05. The molecule has 3 amide bonds. The van der Waals surface area contributed by atoms with Crippen molar-refractivity contribution >= 4 is 11.9 Å². The third kappa shape index (κ3) is 3.30. The van der Waals surface area contributed by atoms with E-state index in [4.69, 9.17) is 0 Å². The minimum Gasteiger partial charge on any atom is -0.323 e. The molecule has 1 spiro atoms. The summed E-state index contributed by atoms with van der Waals surface area (Å²) in [6.45, 7) is 5.56. The molecule has 1 aromatic rings. The van der Waals surface area contributed by atoms with Gasteiger partial charge in [-0.1, -0.05) is 37.3 Å². The number of carbonyl (C=O) groups excluding carboxylic acids is 2. The third-order valence-electron chi connectivity index (χ3n) is 5.12. The second kappa shape index (κ2) is 6.91. The van der Waals surface area contributed by atoms with Crippen molar-refractivity contribution in [3.63, 3.8) is 0 Å². The molecule has 0 bridgehead atoms. The Morgan fingerprint density at radius 2 is 1.83 bits per heavy atom. The standard InChI is InChI=1S/C18H26N4O2/c1-3-21(13-15-7-5-4-6-8-15)14-22-16(23)18(19-17(22)24)9-11-20(2)12-10-18/h4-8H,3,9-14H2,1-2H3,(H,19,24). The van der Waals surface area contributed by atoms with Crippen LogP contribution in [-0.4, -0.2) is 65.5 Å². The molecule has 1 N–H and O–H groups in total. The van der Waals surface area contributed by atoms with Crippen LogP contribution in [0.15, 0.2) is 30.3 Å². The highest BCUT2D eigenvalue weighted by atomic mass is 16.2. The molecule has 6 nitrogen and oxygen atoms in total. The van der Waals surface area contributed by atoms with Crippen molar-refractivity contribution in [3.8, 4) is 0 Å². The Morgan fingerprint density at radius 3 is 2.46 bits per heavy atom. The zero-order chi connectivity index (χ0) is 17.2. The van der Waals surface area contributed by atoms with E-state index in [1.807, 2.05) is 32.2 Å². The summed E-state index contributed by atoms with van der Waals surface area (Å²) in [4.78, 5) is 31.0. The largest absolute Gasteiger partial charge is 0.326 e. The summed E-state index contributed by atoms with van der Waals surface area (Å²) in [5, 5.41) is 2.97. The number of likely N-dealkylation sites (tertiary alicyclic amines) is 1. The van der Waals surface area contributed by atoms with E-state index >= 15 is 0 Å². The lowest BCUT2D eigenvalue weighted by atomic mass is 9.88. The van der Waals surface area contributed by atoms with E-state index in [0.29, 0.717) is 19.5 Å². The Kier molecular flexibility index (Phi) is 4.87. The average Bonchev–Trinajstić information content (AvgIpc) is 2.82. The quantitative estimate of drug-likeness (QED) is 0.831. The van der Waals surface area contributed by atoms with Gasteiger partial charge in [0.15, 0.2) is 0 Å². The van der Waals surface area contributed by atoms with Crippen molar-refractivity contribution in [2.24, 2.45) is 0 Å². The number of hydrogen-bond donors (Lipinski definition) is 1. The Hall–Kier alpha value is -1.92. The van der Waals surface area contributed by atoms with E-state index in [-0.39, 0.29) is 11.9 Å². The number of nitrogens with zero attached hydrogens (tertiary/aromatic N) is 3. The Labute approximate surface area is 143 Å². The van der Waals surface area contributed by atoms with Gasteiger partial charge in [-0.05, 0) is 32.0 Å². The first-order chi connectivity index (χ1) is 11.5. The van der Waals surface area contributed by atoms with Crippen molar-refractivity contribution < 1.29 is 9.59 Å². The predicted molar refractivity (Wildman–Crippen MR) is 92.2 cm³/mol. The lowest BCUT2D eigenvalue weighted by Crippen LogP contribution is -2.54. The smallest absolute Gasteiger partial charge is 0.323 e. The molecule has 0 aliphatic carbocycles. The maximum Gasteiger partial charge on any atom is 0.326 e. The van der Waals surface area contributed by atoms with Gasteiger partial charge in [0.2, 0.25) is 0 Å². The second-order valence-electron chi connectivity index (χ2n) is 6.82. The fraction of sp³-hybridized carbons (Fsp3) is 0.556. The third-order valence-corrected chi connectivity index (χ3v) is 5.12. The number of hydrogen-bond acceptors (Lipinski definition) is 4. The van der Waals surface area contributed by atoms with Crippen LogP contribution in [0.2, 0.25) is 0 Å². The van der Waals surface area contributed by atoms with Gasteiger partial charge in [-0.25, -0.2) is 9.69 Å². The van der Waals surface area contributed by atoms with Crippen molar-refractivity contribution in [2.75, 3.05) is 33.4 Å². The van der Waals surface area contributed by atoms with E-state index in [9.17, 15) is 9.59 Å². The number of urea groups is 1. The monoisotopic (exact) mass is 330 g/mol. The van der Waals surface area contributed by atoms with Gasteiger partial charge in [-0.2, -0.15) is 0 Å². The van der Waals surface area contributed by atoms with Gasteiger partial charge in [-0.15, -0.1) is 0 Å². The van der Waals surface area contributed by atoms with Crippen LogP contribution in [0.3, 0.4) is 0 Å². The molecule has 2 saturated heterocycles. The van der Waals surface area contributed by atoms with Gasteiger partial charge in [-0.3, -0.25) is 9.69 Å². The van der Waals surface area contributed by atoms with Crippen LogP contribution < -0.4 is 5.32 Å². The zero-order valence-corrected chi connectivity index (χ0v) is 14.5. The van der Waals surface area contributed by atoms with Gasteiger partial charge in [0.1, 0.15) is 5.54 Å². The molecular weight excluding hydrogens is 304 g/mol. The van der Waals surface area contributed by atoms with Gasteiger partial charge in [0.05, 0.1) is 6.67 Å². The number of rotatable bonds is 5. The fourth-order valence-electron chi connectivity index (χ4n) is 3.45. The molecule has 3 rings (SSSR count). The highest BCUT2D eigenvalue weighted by molar-refractivity contribution is 6.07. The van der Waals surface area contributed by atoms with Crippen molar-refractivity contribution in [2.45, 2.75) is 31.8 Å². The molecule has 6 heteroatoms.